The highest BCUT2D eigenvalue weighted by Gasteiger charge is 2.06. The fourth-order valence-corrected chi connectivity index (χ4v) is 2.17. The summed E-state index contributed by atoms with van der Waals surface area (Å²) in [7, 11) is 3.44. The van der Waals surface area contributed by atoms with Gasteiger partial charge in [0.15, 0.2) is 0 Å². The van der Waals surface area contributed by atoms with Gasteiger partial charge in [-0.15, -0.1) is 0 Å². The van der Waals surface area contributed by atoms with Gasteiger partial charge in [0.2, 0.25) is 0 Å². The molecule has 1 aromatic rings. The first-order valence-electron chi connectivity index (χ1n) is 6.72. The molecule has 0 saturated carbocycles. The van der Waals surface area contributed by atoms with E-state index in [4.69, 9.17) is 27.4 Å². The van der Waals surface area contributed by atoms with Gasteiger partial charge in [-0.25, -0.2) is 0 Å². The van der Waals surface area contributed by atoms with Crippen molar-refractivity contribution in [2.45, 2.75) is 13.0 Å². The summed E-state index contributed by atoms with van der Waals surface area (Å²) in [5.74, 6) is 0. The maximum atomic E-state index is 5.60. The van der Waals surface area contributed by atoms with Crippen LogP contribution in [0.5, 0.6) is 0 Å². The second-order valence-electron chi connectivity index (χ2n) is 4.72. The van der Waals surface area contributed by atoms with Gasteiger partial charge in [0.05, 0.1) is 18.2 Å². The molecule has 0 atom stereocenters. The predicted molar refractivity (Wildman–Crippen MR) is 86.0 cm³/mol. The zero-order valence-electron chi connectivity index (χ0n) is 12.3. The third-order valence-corrected chi connectivity index (χ3v) is 3.14. The molecule has 0 spiro atoms. The molecular weight excluding hydrogens is 272 g/mol. The van der Waals surface area contributed by atoms with Crippen LogP contribution in [0.4, 0.5) is 0 Å². The highest BCUT2D eigenvalue weighted by atomic mass is 32.1. The van der Waals surface area contributed by atoms with Gasteiger partial charge in [-0.1, -0.05) is 36.5 Å². The zero-order chi connectivity index (χ0) is 14.8. The molecule has 112 valence electrons. The maximum Gasteiger partial charge on any atom is 0.0771 e. The number of nitrogens with two attached hydrogens (primary N) is 1. The molecule has 4 nitrogen and oxygen atoms in total. The van der Waals surface area contributed by atoms with Crippen LogP contribution in [-0.4, -0.2) is 50.4 Å². The van der Waals surface area contributed by atoms with Crippen molar-refractivity contribution in [2.24, 2.45) is 5.73 Å². The van der Waals surface area contributed by atoms with Crippen LogP contribution < -0.4 is 5.73 Å². The summed E-state index contributed by atoms with van der Waals surface area (Å²) in [6, 6.07) is 8.38. The van der Waals surface area contributed by atoms with E-state index in [0.717, 1.165) is 38.4 Å². The first kappa shape index (κ1) is 17.0. The van der Waals surface area contributed by atoms with E-state index in [0.29, 0.717) is 11.4 Å². The van der Waals surface area contributed by atoms with Crippen molar-refractivity contribution in [1.82, 2.24) is 4.90 Å². The predicted octanol–water partition coefficient (Wildman–Crippen LogP) is 1.61. The molecule has 0 fully saturated rings. The third kappa shape index (κ3) is 6.96. The van der Waals surface area contributed by atoms with E-state index in [1.54, 1.807) is 14.2 Å². The SMILES string of the molecule is COCCN(CCOC)Cc1cccc(CC(N)=S)c1. The highest BCUT2D eigenvalue weighted by Crippen LogP contribution is 2.09. The summed E-state index contributed by atoms with van der Waals surface area (Å²) >= 11 is 4.96. The van der Waals surface area contributed by atoms with Crippen molar-refractivity contribution in [1.29, 1.82) is 0 Å². The second kappa shape index (κ2) is 9.83. The molecule has 1 rings (SSSR count). The number of methoxy groups -OCH3 is 2. The Labute approximate surface area is 126 Å². The van der Waals surface area contributed by atoms with Crippen LogP contribution in [0.1, 0.15) is 11.1 Å². The Kier molecular flexibility index (Phi) is 8.37. The zero-order valence-corrected chi connectivity index (χ0v) is 13.1. The summed E-state index contributed by atoms with van der Waals surface area (Å²) < 4.78 is 10.3. The van der Waals surface area contributed by atoms with Crippen LogP contribution in [0.15, 0.2) is 24.3 Å². The molecule has 0 bridgehead atoms. The molecule has 0 radical (unpaired) electrons. The van der Waals surface area contributed by atoms with E-state index in [9.17, 15) is 0 Å². The number of thiocarbonyl (C=S) groups is 1. The summed E-state index contributed by atoms with van der Waals surface area (Å²) in [6.45, 7) is 4.09. The topological polar surface area (TPSA) is 47.7 Å². The quantitative estimate of drug-likeness (QED) is 0.665. The molecule has 0 amide bonds. The largest absolute Gasteiger partial charge is 0.393 e. The Bertz CT molecular complexity index is 405. The molecule has 0 aliphatic carbocycles. The molecular formula is C15H24N2O2S. The van der Waals surface area contributed by atoms with Crippen LogP contribution >= 0.6 is 12.2 Å². The molecule has 20 heavy (non-hydrogen) atoms. The lowest BCUT2D eigenvalue weighted by molar-refractivity contribution is 0.110. The summed E-state index contributed by atoms with van der Waals surface area (Å²) in [6.07, 6.45) is 0.652. The van der Waals surface area contributed by atoms with Gasteiger partial charge in [-0.05, 0) is 11.1 Å². The number of rotatable bonds is 10. The van der Waals surface area contributed by atoms with Gasteiger partial charge in [0.1, 0.15) is 0 Å². The first-order chi connectivity index (χ1) is 9.65. The van der Waals surface area contributed by atoms with Crippen molar-refractivity contribution in [3.63, 3.8) is 0 Å². The first-order valence-corrected chi connectivity index (χ1v) is 7.13. The van der Waals surface area contributed by atoms with E-state index in [-0.39, 0.29) is 0 Å². The van der Waals surface area contributed by atoms with Crippen molar-refractivity contribution < 1.29 is 9.47 Å². The van der Waals surface area contributed by atoms with Gasteiger partial charge < -0.3 is 15.2 Å². The summed E-state index contributed by atoms with van der Waals surface area (Å²) in [5, 5.41) is 0. The Morgan fingerprint density at radius 2 is 1.75 bits per heavy atom. The molecule has 5 heteroatoms. The number of nitrogens with zero attached hydrogens (tertiary/aromatic N) is 1. The van der Waals surface area contributed by atoms with Crippen LogP contribution in [0.3, 0.4) is 0 Å². The lowest BCUT2D eigenvalue weighted by Gasteiger charge is -2.22. The molecule has 1 aromatic carbocycles. The summed E-state index contributed by atoms with van der Waals surface area (Å²) in [5.41, 5.74) is 8.01. The lowest BCUT2D eigenvalue weighted by atomic mass is 10.1. The van der Waals surface area contributed by atoms with Crippen LogP contribution in [0.25, 0.3) is 0 Å². The van der Waals surface area contributed by atoms with Crippen LogP contribution in [0.2, 0.25) is 0 Å². The average Bonchev–Trinajstić information content (AvgIpc) is 2.41. The lowest BCUT2D eigenvalue weighted by Crippen LogP contribution is -2.30. The van der Waals surface area contributed by atoms with E-state index < -0.39 is 0 Å². The van der Waals surface area contributed by atoms with Crippen LogP contribution in [-0.2, 0) is 22.4 Å². The normalized spacial score (nSPS) is 10.9. The van der Waals surface area contributed by atoms with Gasteiger partial charge in [0.25, 0.3) is 0 Å². The van der Waals surface area contributed by atoms with Gasteiger partial charge in [-0.3, -0.25) is 4.90 Å². The Morgan fingerprint density at radius 1 is 1.15 bits per heavy atom. The minimum Gasteiger partial charge on any atom is -0.393 e. The van der Waals surface area contributed by atoms with Crippen molar-refractivity contribution in [3.05, 3.63) is 35.4 Å². The van der Waals surface area contributed by atoms with Gasteiger partial charge in [0, 0.05) is 40.3 Å². The van der Waals surface area contributed by atoms with E-state index in [2.05, 4.69) is 23.1 Å². The maximum absolute atomic E-state index is 5.60. The van der Waals surface area contributed by atoms with E-state index in [1.807, 2.05) is 6.07 Å². The smallest absolute Gasteiger partial charge is 0.0771 e. The Morgan fingerprint density at radius 3 is 2.30 bits per heavy atom. The molecule has 2 N–H and O–H groups in total. The third-order valence-electron chi connectivity index (χ3n) is 3.00. The number of ether oxygens (including phenoxy) is 2. The standard InChI is InChI=1S/C15H24N2O2S/c1-18-8-6-17(7-9-19-2)12-14-5-3-4-13(10-14)11-15(16)20/h3-5,10H,6-9,11-12H2,1-2H3,(H2,16,20). The fourth-order valence-electron chi connectivity index (χ4n) is 2.01. The van der Waals surface area contributed by atoms with Gasteiger partial charge >= 0.3 is 0 Å². The molecule has 0 aromatic heterocycles. The number of hydrogen-bond acceptors (Lipinski definition) is 4. The molecule has 0 unspecified atom stereocenters. The van der Waals surface area contributed by atoms with Crippen LogP contribution in [0, 0.1) is 0 Å². The molecule has 0 heterocycles. The second-order valence-corrected chi connectivity index (χ2v) is 5.25. The molecule has 0 aliphatic rings. The number of hydrogen-bond donors (Lipinski definition) is 1. The van der Waals surface area contributed by atoms with Crippen molar-refractivity contribution >= 4 is 17.2 Å². The molecule has 0 aliphatic heterocycles. The minimum absolute atomic E-state index is 0.526. The monoisotopic (exact) mass is 296 g/mol. The highest BCUT2D eigenvalue weighted by molar-refractivity contribution is 7.80. The van der Waals surface area contributed by atoms with E-state index >= 15 is 0 Å². The number of benzene rings is 1. The fraction of sp³-hybridized carbons (Fsp3) is 0.533. The van der Waals surface area contributed by atoms with Crippen molar-refractivity contribution in [3.8, 4) is 0 Å². The minimum atomic E-state index is 0.526. The Hall–Kier alpha value is -1.01. The van der Waals surface area contributed by atoms with Crippen molar-refractivity contribution in [2.75, 3.05) is 40.5 Å². The van der Waals surface area contributed by atoms with Gasteiger partial charge in [-0.2, -0.15) is 0 Å². The average molecular weight is 296 g/mol. The Balaban J connectivity index is 2.63. The van der Waals surface area contributed by atoms with E-state index in [1.165, 1.54) is 5.56 Å². The molecule has 0 saturated heterocycles. The summed E-state index contributed by atoms with van der Waals surface area (Å²) in [4.78, 5) is 2.84.